The number of aryl methyl sites for hydroxylation is 1. The lowest BCUT2D eigenvalue weighted by Crippen LogP contribution is -2.47. The Morgan fingerprint density at radius 2 is 1.79 bits per heavy atom. The van der Waals surface area contributed by atoms with E-state index in [2.05, 4.69) is 10.2 Å². The predicted octanol–water partition coefficient (Wildman–Crippen LogP) is 2.09. The van der Waals surface area contributed by atoms with Gasteiger partial charge >= 0.3 is 0 Å². The summed E-state index contributed by atoms with van der Waals surface area (Å²) in [5.41, 5.74) is 0.977. The number of hydrogen-bond donors (Lipinski definition) is 1. The zero-order valence-electron chi connectivity index (χ0n) is 16.2. The van der Waals surface area contributed by atoms with Crippen molar-refractivity contribution in [1.29, 1.82) is 0 Å². The SMILES string of the molecule is Cc1ccc([N+](=O)[O-])cc1NC(=O)c1cccc(S(=O)(=O)N2CCN(C)CC2)c1. The van der Waals surface area contributed by atoms with Crippen molar-refractivity contribution in [2.45, 2.75) is 11.8 Å². The standard InChI is InChI=1S/C19H22N4O5S/c1-14-6-7-16(23(25)26)13-18(14)20-19(24)15-4-3-5-17(12-15)29(27,28)22-10-8-21(2)9-11-22/h3-7,12-13H,8-11H2,1-2H3,(H,20,24). The van der Waals surface area contributed by atoms with Gasteiger partial charge in [0.1, 0.15) is 0 Å². The van der Waals surface area contributed by atoms with Crippen LogP contribution in [0.15, 0.2) is 47.4 Å². The molecule has 29 heavy (non-hydrogen) atoms. The van der Waals surface area contributed by atoms with Gasteiger partial charge in [0, 0.05) is 43.9 Å². The highest BCUT2D eigenvalue weighted by molar-refractivity contribution is 7.89. The second-order valence-corrected chi connectivity index (χ2v) is 8.88. The molecule has 0 saturated carbocycles. The summed E-state index contributed by atoms with van der Waals surface area (Å²) in [6.45, 7) is 3.79. The van der Waals surface area contributed by atoms with E-state index in [1.165, 1.54) is 40.7 Å². The molecular formula is C19H22N4O5S. The number of non-ortho nitro benzene ring substituents is 1. The second kappa shape index (κ2) is 8.27. The molecule has 0 radical (unpaired) electrons. The lowest BCUT2D eigenvalue weighted by atomic mass is 10.1. The highest BCUT2D eigenvalue weighted by Gasteiger charge is 2.28. The molecule has 1 fully saturated rings. The van der Waals surface area contributed by atoms with E-state index in [1.807, 2.05) is 7.05 Å². The lowest BCUT2D eigenvalue weighted by molar-refractivity contribution is -0.384. The van der Waals surface area contributed by atoms with Crippen molar-refractivity contribution in [2.24, 2.45) is 0 Å². The molecule has 2 aromatic rings. The zero-order valence-corrected chi connectivity index (χ0v) is 17.0. The van der Waals surface area contributed by atoms with Gasteiger partial charge in [-0.05, 0) is 37.7 Å². The molecule has 0 bridgehead atoms. The summed E-state index contributed by atoms with van der Waals surface area (Å²) in [5, 5.41) is 13.6. The van der Waals surface area contributed by atoms with Gasteiger partial charge in [0.15, 0.2) is 0 Å². The number of piperazine rings is 1. The van der Waals surface area contributed by atoms with E-state index in [0.29, 0.717) is 37.4 Å². The van der Waals surface area contributed by atoms with Gasteiger partial charge in [0.05, 0.1) is 15.5 Å². The summed E-state index contributed by atoms with van der Waals surface area (Å²) in [7, 11) is -1.77. The van der Waals surface area contributed by atoms with Gasteiger partial charge in [-0.1, -0.05) is 12.1 Å². The summed E-state index contributed by atoms with van der Waals surface area (Å²) < 4.78 is 27.2. The fourth-order valence-corrected chi connectivity index (χ4v) is 4.50. The number of benzene rings is 2. The molecule has 1 saturated heterocycles. The first kappa shape index (κ1) is 20.9. The number of likely N-dealkylation sites (N-methyl/N-ethyl adjacent to an activating group) is 1. The first-order valence-electron chi connectivity index (χ1n) is 9.03. The number of amides is 1. The van der Waals surface area contributed by atoms with Crippen LogP contribution >= 0.6 is 0 Å². The number of hydrogen-bond acceptors (Lipinski definition) is 6. The van der Waals surface area contributed by atoms with Gasteiger partial charge in [-0.15, -0.1) is 0 Å². The lowest BCUT2D eigenvalue weighted by Gasteiger charge is -2.31. The largest absolute Gasteiger partial charge is 0.321 e. The van der Waals surface area contributed by atoms with E-state index >= 15 is 0 Å². The van der Waals surface area contributed by atoms with Crippen LogP contribution in [0.4, 0.5) is 11.4 Å². The molecular weight excluding hydrogens is 396 g/mol. The molecule has 0 aromatic heterocycles. The molecule has 1 amide bonds. The molecule has 0 spiro atoms. The Morgan fingerprint density at radius 3 is 2.45 bits per heavy atom. The summed E-state index contributed by atoms with van der Waals surface area (Å²) in [4.78, 5) is 25.2. The molecule has 0 unspecified atom stereocenters. The van der Waals surface area contributed by atoms with Gasteiger partial charge in [0.25, 0.3) is 11.6 Å². The quantitative estimate of drug-likeness (QED) is 0.588. The molecule has 154 valence electrons. The van der Waals surface area contributed by atoms with Crippen LogP contribution in [0.1, 0.15) is 15.9 Å². The van der Waals surface area contributed by atoms with Crippen molar-refractivity contribution in [2.75, 3.05) is 38.5 Å². The fourth-order valence-electron chi connectivity index (χ4n) is 3.03. The maximum atomic E-state index is 12.9. The molecule has 1 N–H and O–H groups in total. The number of anilines is 1. The van der Waals surface area contributed by atoms with Gasteiger partial charge in [-0.2, -0.15) is 4.31 Å². The van der Waals surface area contributed by atoms with E-state index in [9.17, 15) is 23.3 Å². The molecule has 9 nitrogen and oxygen atoms in total. The molecule has 0 aliphatic carbocycles. The second-order valence-electron chi connectivity index (χ2n) is 6.95. The topological polar surface area (TPSA) is 113 Å². The molecule has 0 atom stereocenters. The van der Waals surface area contributed by atoms with Crippen LogP contribution in [0, 0.1) is 17.0 Å². The Morgan fingerprint density at radius 1 is 1.10 bits per heavy atom. The molecule has 2 aromatic carbocycles. The number of rotatable bonds is 5. The van der Waals surface area contributed by atoms with Crippen LogP contribution in [-0.4, -0.2) is 61.7 Å². The van der Waals surface area contributed by atoms with Gasteiger partial charge in [-0.3, -0.25) is 14.9 Å². The number of nitro groups is 1. The number of sulfonamides is 1. The number of nitro benzene ring substituents is 1. The minimum absolute atomic E-state index is 0.0467. The van der Waals surface area contributed by atoms with Gasteiger partial charge in [-0.25, -0.2) is 8.42 Å². The van der Waals surface area contributed by atoms with Crippen molar-refractivity contribution >= 4 is 27.3 Å². The van der Waals surface area contributed by atoms with Crippen LogP contribution in [0.25, 0.3) is 0 Å². The van der Waals surface area contributed by atoms with Crippen LogP contribution in [0.5, 0.6) is 0 Å². The van der Waals surface area contributed by atoms with Gasteiger partial charge in [0.2, 0.25) is 10.0 Å². The van der Waals surface area contributed by atoms with Crippen LogP contribution in [0.3, 0.4) is 0 Å². The molecule has 3 rings (SSSR count). The van der Waals surface area contributed by atoms with Crippen molar-refractivity contribution < 1.29 is 18.1 Å². The number of carbonyl (C=O) groups is 1. The zero-order chi connectivity index (χ0) is 21.2. The van der Waals surface area contributed by atoms with E-state index in [-0.39, 0.29) is 16.1 Å². The third-order valence-electron chi connectivity index (χ3n) is 4.88. The smallest absolute Gasteiger partial charge is 0.271 e. The third kappa shape index (κ3) is 4.61. The molecule has 1 aliphatic rings. The van der Waals surface area contributed by atoms with Crippen molar-refractivity contribution in [3.8, 4) is 0 Å². The Balaban J connectivity index is 1.83. The van der Waals surface area contributed by atoms with Crippen LogP contribution < -0.4 is 5.32 Å². The Bertz CT molecular complexity index is 1050. The maximum absolute atomic E-state index is 12.9. The predicted molar refractivity (Wildman–Crippen MR) is 108 cm³/mol. The monoisotopic (exact) mass is 418 g/mol. The summed E-state index contributed by atoms with van der Waals surface area (Å²) >= 11 is 0. The minimum Gasteiger partial charge on any atom is -0.321 e. The van der Waals surface area contributed by atoms with Crippen molar-refractivity contribution in [1.82, 2.24) is 9.21 Å². The maximum Gasteiger partial charge on any atom is 0.271 e. The van der Waals surface area contributed by atoms with Crippen LogP contribution in [0.2, 0.25) is 0 Å². The van der Waals surface area contributed by atoms with E-state index < -0.39 is 20.9 Å². The number of nitrogens with zero attached hydrogens (tertiary/aromatic N) is 3. The summed E-state index contributed by atoms with van der Waals surface area (Å²) in [5.74, 6) is -0.538. The minimum atomic E-state index is -3.70. The van der Waals surface area contributed by atoms with Crippen molar-refractivity contribution in [3.05, 3.63) is 63.7 Å². The normalized spacial score (nSPS) is 15.8. The van der Waals surface area contributed by atoms with E-state index in [1.54, 1.807) is 13.0 Å². The number of carbonyl (C=O) groups excluding carboxylic acids is 1. The number of nitrogens with one attached hydrogen (secondary N) is 1. The average molecular weight is 418 g/mol. The highest BCUT2D eigenvalue weighted by Crippen LogP contribution is 2.23. The Hall–Kier alpha value is -2.82. The molecule has 1 aliphatic heterocycles. The highest BCUT2D eigenvalue weighted by atomic mass is 32.2. The van der Waals surface area contributed by atoms with E-state index in [4.69, 9.17) is 0 Å². The van der Waals surface area contributed by atoms with Gasteiger partial charge < -0.3 is 10.2 Å². The first-order valence-corrected chi connectivity index (χ1v) is 10.5. The van der Waals surface area contributed by atoms with Crippen molar-refractivity contribution in [3.63, 3.8) is 0 Å². The first-order chi connectivity index (χ1) is 13.7. The van der Waals surface area contributed by atoms with E-state index in [0.717, 1.165) is 0 Å². The fraction of sp³-hybridized carbons (Fsp3) is 0.316. The summed E-state index contributed by atoms with van der Waals surface area (Å²) in [6.07, 6.45) is 0. The Labute approximate surface area is 169 Å². The average Bonchev–Trinajstić information content (AvgIpc) is 2.70. The molecule has 10 heteroatoms. The third-order valence-corrected chi connectivity index (χ3v) is 6.77. The van der Waals surface area contributed by atoms with Crippen LogP contribution in [-0.2, 0) is 10.0 Å². The molecule has 1 heterocycles. The summed E-state index contributed by atoms with van der Waals surface area (Å²) in [6, 6.07) is 9.98. The Kier molecular flexibility index (Phi) is 5.96.